The fourth-order valence-electron chi connectivity index (χ4n) is 1.31. The number of hydrogen-bond donors (Lipinski definition) is 1. The minimum absolute atomic E-state index is 0.800. The molecule has 0 aliphatic heterocycles. The van der Waals surface area contributed by atoms with Crippen molar-refractivity contribution in [2.24, 2.45) is 7.05 Å². The van der Waals surface area contributed by atoms with E-state index in [1.165, 1.54) is 0 Å². The minimum atomic E-state index is 0.800. The van der Waals surface area contributed by atoms with Crippen molar-refractivity contribution in [1.82, 2.24) is 9.78 Å². The molecule has 1 aromatic carbocycles. The smallest absolute Gasteiger partial charge is 0.166 e. The van der Waals surface area contributed by atoms with Gasteiger partial charge in [-0.2, -0.15) is 5.10 Å². The average molecular weight is 265 g/mol. The van der Waals surface area contributed by atoms with Crippen LogP contribution < -0.4 is 5.32 Å². The average Bonchev–Trinajstić information content (AvgIpc) is 2.49. The summed E-state index contributed by atoms with van der Waals surface area (Å²) in [6, 6.07) is 7.86. The van der Waals surface area contributed by atoms with E-state index in [1.54, 1.807) is 4.68 Å². The monoisotopic (exact) mass is 264 g/mol. The number of aryl methyl sites for hydroxylation is 1. The third-order valence-corrected chi connectivity index (χ3v) is 2.63. The zero-order chi connectivity index (χ0) is 10.8. The van der Waals surface area contributed by atoms with E-state index in [2.05, 4.69) is 33.3 Å². The molecule has 0 unspecified atom stereocenters. The molecule has 1 heterocycles. The molecule has 4 heteroatoms. The van der Waals surface area contributed by atoms with Crippen LogP contribution in [0.5, 0.6) is 0 Å². The van der Waals surface area contributed by atoms with Gasteiger partial charge in [-0.05, 0) is 34.5 Å². The highest BCUT2D eigenvalue weighted by molar-refractivity contribution is 9.10. The van der Waals surface area contributed by atoms with Crippen LogP contribution in [0.15, 0.2) is 34.9 Å². The molecule has 0 saturated carbocycles. The summed E-state index contributed by atoms with van der Waals surface area (Å²) in [5.74, 6) is 0.800. The molecule has 3 nitrogen and oxygen atoms in total. The highest BCUT2D eigenvalue weighted by Crippen LogP contribution is 2.25. The molecule has 0 bridgehead atoms. The molecule has 0 spiro atoms. The maximum Gasteiger partial charge on any atom is 0.166 e. The fraction of sp³-hybridized carbons (Fsp3) is 0.0909. The van der Waals surface area contributed by atoms with Crippen molar-refractivity contribution in [2.45, 2.75) is 0 Å². The Kier molecular flexibility index (Phi) is 2.77. The van der Waals surface area contributed by atoms with Crippen molar-refractivity contribution in [3.63, 3.8) is 0 Å². The van der Waals surface area contributed by atoms with Crippen LogP contribution in [0.3, 0.4) is 0 Å². The molecular formula is C11H11BrN3. The Morgan fingerprint density at radius 3 is 2.73 bits per heavy atom. The predicted octanol–water partition coefficient (Wildman–Crippen LogP) is 3.11. The molecule has 0 amide bonds. The fourth-order valence-corrected chi connectivity index (χ4v) is 1.79. The van der Waals surface area contributed by atoms with Gasteiger partial charge in [-0.15, -0.1) is 0 Å². The first kappa shape index (κ1) is 10.2. The molecule has 1 N–H and O–H groups in total. The van der Waals surface area contributed by atoms with Crippen LogP contribution in [0, 0.1) is 6.92 Å². The van der Waals surface area contributed by atoms with E-state index in [1.807, 2.05) is 37.5 Å². The summed E-state index contributed by atoms with van der Waals surface area (Å²) in [4.78, 5) is 0. The highest BCUT2D eigenvalue weighted by Gasteiger charge is 2.05. The van der Waals surface area contributed by atoms with Gasteiger partial charge in [0.05, 0.1) is 4.47 Å². The molecule has 77 valence electrons. The number of aromatic nitrogens is 2. The minimum Gasteiger partial charge on any atom is -0.338 e. The zero-order valence-electron chi connectivity index (χ0n) is 8.37. The van der Waals surface area contributed by atoms with Gasteiger partial charge in [0, 0.05) is 18.9 Å². The lowest BCUT2D eigenvalue weighted by atomic mass is 10.2. The van der Waals surface area contributed by atoms with Crippen molar-refractivity contribution in [3.05, 3.63) is 47.4 Å². The summed E-state index contributed by atoms with van der Waals surface area (Å²) in [5.41, 5.74) is 1.92. The van der Waals surface area contributed by atoms with Crippen LogP contribution in [0.1, 0.15) is 5.56 Å². The molecule has 2 rings (SSSR count). The lowest BCUT2D eigenvalue weighted by Gasteiger charge is -2.06. The molecule has 15 heavy (non-hydrogen) atoms. The van der Waals surface area contributed by atoms with E-state index in [-0.39, 0.29) is 0 Å². The predicted molar refractivity (Wildman–Crippen MR) is 65.1 cm³/mol. The number of anilines is 2. The number of halogens is 1. The first-order valence-corrected chi connectivity index (χ1v) is 5.33. The number of nitrogens with zero attached hydrogens (tertiary/aromatic N) is 2. The molecule has 1 radical (unpaired) electrons. The molecule has 2 aromatic rings. The van der Waals surface area contributed by atoms with E-state index >= 15 is 0 Å². The Labute approximate surface area is 97.2 Å². The van der Waals surface area contributed by atoms with Crippen LogP contribution in [-0.4, -0.2) is 9.78 Å². The van der Waals surface area contributed by atoms with Gasteiger partial charge in [-0.25, -0.2) is 0 Å². The number of benzene rings is 1. The number of para-hydroxylation sites is 1. The Morgan fingerprint density at radius 1 is 1.40 bits per heavy atom. The molecule has 0 atom stereocenters. The van der Waals surface area contributed by atoms with Crippen molar-refractivity contribution in [3.8, 4) is 0 Å². The molecule has 0 fully saturated rings. The summed E-state index contributed by atoms with van der Waals surface area (Å²) in [6.07, 6.45) is 1.90. The maximum atomic E-state index is 4.28. The van der Waals surface area contributed by atoms with E-state index in [4.69, 9.17) is 0 Å². The highest BCUT2D eigenvalue weighted by atomic mass is 79.9. The van der Waals surface area contributed by atoms with Crippen molar-refractivity contribution >= 4 is 27.4 Å². The maximum absolute atomic E-state index is 4.28. The van der Waals surface area contributed by atoms with E-state index in [0.717, 1.165) is 21.5 Å². The second kappa shape index (κ2) is 4.06. The van der Waals surface area contributed by atoms with Crippen LogP contribution in [0.4, 0.5) is 11.5 Å². The second-order valence-electron chi connectivity index (χ2n) is 3.28. The topological polar surface area (TPSA) is 29.9 Å². The van der Waals surface area contributed by atoms with Gasteiger partial charge in [0.25, 0.3) is 0 Å². The Balaban J connectivity index is 2.29. The third kappa shape index (κ3) is 2.21. The van der Waals surface area contributed by atoms with Gasteiger partial charge in [-0.3, -0.25) is 4.68 Å². The van der Waals surface area contributed by atoms with Crippen molar-refractivity contribution < 1.29 is 0 Å². The van der Waals surface area contributed by atoms with Gasteiger partial charge in [0.2, 0.25) is 0 Å². The first-order valence-electron chi connectivity index (χ1n) is 4.54. The van der Waals surface area contributed by atoms with Crippen LogP contribution in [-0.2, 0) is 7.05 Å². The third-order valence-electron chi connectivity index (χ3n) is 2.05. The first-order chi connectivity index (χ1) is 7.16. The molecular weight excluding hydrogens is 254 g/mol. The van der Waals surface area contributed by atoms with Gasteiger partial charge in [0.15, 0.2) is 5.82 Å². The van der Waals surface area contributed by atoms with Gasteiger partial charge in [-0.1, -0.05) is 18.2 Å². The largest absolute Gasteiger partial charge is 0.338 e. The van der Waals surface area contributed by atoms with Crippen LogP contribution >= 0.6 is 15.9 Å². The molecule has 0 saturated heterocycles. The SMILES string of the molecule is [CH2]c1ccccc1Nc1nn(C)cc1Br. The van der Waals surface area contributed by atoms with Gasteiger partial charge < -0.3 is 5.32 Å². The van der Waals surface area contributed by atoms with Crippen molar-refractivity contribution in [1.29, 1.82) is 0 Å². The summed E-state index contributed by atoms with van der Waals surface area (Å²) >= 11 is 3.43. The number of nitrogens with one attached hydrogen (secondary N) is 1. The summed E-state index contributed by atoms with van der Waals surface area (Å²) in [5, 5.41) is 7.50. The molecule has 0 aliphatic rings. The normalized spacial score (nSPS) is 10.3. The Bertz CT molecular complexity index is 476. The van der Waals surface area contributed by atoms with Crippen molar-refractivity contribution in [2.75, 3.05) is 5.32 Å². The lowest BCUT2D eigenvalue weighted by molar-refractivity contribution is 0.771. The zero-order valence-corrected chi connectivity index (χ0v) is 9.95. The Morgan fingerprint density at radius 2 is 2.13 bits per heavy atom. The summed E-state index contributed by atoms with van der Waals surface area (Å²) in [6.45, 7) is 3.94. The summed E-state index contributed by atoms with van der Waals surface area (Å²) in [7, 11) is 1.88. The van der Waals surface area contributed by atoms with E-state index < -0.39 is 0 Å². The second-order valence-corrected chi connectivity index (χ2v) is 4.14. The lowest BCUT2D eigenvalue weighted by Crippen LogP contribution is -1.95. The molecule has 1 aromatic heterocycles. The van der Waals surface area contributed by atoms with Gasteiger partial charge >= 0.3 is 0 Å². The summed E-state index contributed by atoms with van der Waals surface area (Å²) < 4.78 is 2.69. The van der Waals surface area contributed by atoms with E-state index in [0.29, 0.717) is 0 Å². The number of hydrogen-bond acceptors (Lipinski definition) is 2. The number of rotatable bonds is 2. The quantitative estimate of drug-likeness (QED) is 0.904. The standard InChI is InChI=1S/C11H11BrN3/c1-8-5-3-4-6-10(8)13-11-9(12)7-15(2)14-11/h3-7H,1H2,2H3,(H,13,14). The van der Waals surface area contributed by atoms with Crippen LogP contribution in [0.25, 0.3) is 0 Å². The van der Waals surface area contributed by atoms with Gasteiger partial charge in [0.1, 0.15) is 0 Å². The Hall–Kier alpha value is -1.29. The van der Waals surface area contributed by atoms with Crippen LogP contribution in [0.2, 0.25) is 0 Å². The molecule has 0 aliphatic carbocycles. The van der Waals surface area contributed by atoms with E-state index in [9.17, 15) is 0 Å².